The van der Waals surface area contributed by atoms with Crippen LogP contribution < -0.4 is 20.1 Å². The van der Waals surface area contributed by atoms with E-state index in [0.29, 0.717) is 38.7 Å². The largest absolute Gasteiger partial charge is 0.477 e. The van der Waals surface area contributed by atoms with Crippen LogP contribution in [0, 0.1) is 24.0 Å². The molecule has 2 aromatic heterocycles. The molecule has 1 aliphatic carbocycles. The first-order valence-corrected chi connectivity index (χ1v) is 17.4. The summed E-state index contributed by atoms with van der Waals surface area (Å²) in [5, 5.41) is 0.0362. The second-order valence-electron chi connectivity index (χ2n) is 14.9. The van der Waals surface area contributed by atoms with Crippen molar-refractivity contribution in [1.82, 2.24) is 24.8 Å². The van der Waals surface area contributed by atoms with Crippen molar-refractivity contribution in [3.63, 3.8) is 0 Å². The van der Waals surface area contributed by atoms with Gasteiger partial charge in [-0.05, 0) is 72.1 Å². The van der Waals surface area contributed by atoms with Crippen molar-refractivity contribution in [3.05, 3.63) is 28.8 Å². The van der Waals surface area contributed by atoms with E-state index in [9.17, 15) is 26.3 Å². The van der Waals surface area contributed by atoms with E-state index in [1.165, 1.54) is 0 Å². The minimum atomic E-state index is -5.09. The van der Waals surface area contributed by atoms with Crippen LogP contribution in [0.5, 0.6) is 11.9 Å². The Balaban J connectivity index is 1.39. The fraction of sp³-hybridized carbons (Fsp3) is 0.629. The summed E-state index contributed by atoms with van der Waals surface area (Å²) in [6.45, 7) is 11.2. The molecule has 1 aromatic carbocycles. The van der Waals surface area contributed by atoms with Gasteiger partial charge in [0.2, 0.25) is 5.88 Å². The average Bonchev–Trinajstić information content (AvgIpc) is 3.27. The highest BCUT2D eigenvalue weighted by Crippen LogP contribution is 2.69. The van der Waals surface area contributed by atoms with E-state index < -0.39 is 68.3 Å². The van der Waals surface area contributed by atoms with Gasteiger partial charge in [0, 0.05) is 50.2 Å². The van der Waals surface area contributed by atoms with Crippen LogP contribution >= 0.6 is 0 Å². The lowest BCUT2D eigenvalue weighted by molar-refractivity contribution is -0.137. The molecule has 3 aliphatic heterocycles. The lowest BCUT2D eigenvalue weighted by Crippen LogP contribution is -2.54. The molecule has 3 saturated heterocycles. The fourth-order valence-electron chi connectivity index (χ4n) is 8.77. The maximum Gasteiger partial charge on any atom is 0.417 e. The number of hydrogen-bond acceptors (Lipinski definition) is 9. The van der Waals surface area contributed by atoms with E-state index in [1.54, 1.807) is 6.92 Å². The van der Waals surface area contributed by atoms with Gasteiger partial charge < -0.3 is 20.1 Å². The third-order valence-electron chi connectivity index (χ3n) is 11.3. The molecule has 0 amide bonds. The summed E-state index contributed by atoms with van der Waals surface area (Å²) in [5.41, 5.74) is -0.824. The van der Waals surface area contributed by atoms with Gasteiger partial charge >= 0.3 is 12.2 Å². The first-order valence-electron chi connectivity index (χ1n) is 17.4. The lowest BCUT2D eigenvalue weighted by Gasteiger charge is -2.42. The molecule has 3 aromatic rings. The maximum atomic E-state index is 16.9. The van der Waals surface area contributed by atoms with Gasteiger partial charge in [-0.2, -0.15) is 23.1 Å². The van der Waals surface area contributed by atoms with Gasteiger partial charge in [-0.25, -0.2) is 22.5 Å². The number of aromatic nitrogens is 3. The topological polar surface area (TPSA) is 92.9 Å². The number of benzene rings is 1. The summed E-state index contributed by atoms with van der Waals surface area (Å²) >= 11 is 0. The van der Waals surface area contributed by atoms with Crippen LogP contribution in [0.1, 0.15) is 64.5 Å². The number of rotatable bonds is 8. The molecule has 4 fully saturated rings. The van der Waals surface area contributed by atoms with Crippen LogP contribution in [0.4, 0.5) is 42.2 Å². The van der Waals surface area contributed by atoms with Gasteiger partial charge in [0.15, 0.2) is 5.82 Å². The van der Waals surface area contributed by atoms with Crippen molar-refractivity contribution in [1.29, 1.82) is 0 Å². The molecule has 3 atom stereocenters. The highest BCUT2D eigenvalue weighted by Gasteiger charge is 2.77. The first kappa shape index (κ1) is 35.7. The summed E-state index contributed by atoms with van der Waals surface area (Å²) in [5.74, 6) is -5.25. The predicted octanol–water partition coefficient (Wildman–Crippen LogP) is 6.84. The molecule has 0 bridgehead atoms. The number of piperazine rings is 1. The van der Waals surface area contributed by atoms with Crippen LogP contribution in [0.25, 0.3) is 22.2 Å². The summed E-state index contributed by atoms with van der Waals surface area (Å²) in [4.78, 5) is 19.7. The molecule has 3 unspecified atom stereocenters. The van der Waals surface area contributed by atoms with E-state index in [4.69, 9.17) is 20.2 Å². The van der Waals surface area contributed by atoms with Crippen molar-refractivity contribution in [2.75, 3.05) is 56.6 Å². The number of hydrogen-bond donors (Lipinski definition) is 1. The standard InChI is InChI=1S/C35H42F7N7O2/c1-6-50-30-23-28(26(37)27(44-30)21-12-22(43)25(36)20(5)24(21)35(40,41)42)45-31(46-29(23)47-10-11-49(18(2)3)19(4)13-47)51-17-33-8-7-9-48(33)16-32(14-33)15-34(32,38)39/h12,18-19H,6-11,13-17,43H2,1-5H3. The zero-order chi connectivity index (χ0) is 36.8. The number of alkyl halides is 5. The van der Waals surface area contributed by atoms with E-state index in [2.05, 4.69) is 28.7 Å². The second-order valence-corrected chi connectivity index (χ2v) is 14.9. The Morgan fingerprint density at radius 1 is 1.04 bits per heavy atom. The van der Waals surface area contributed by atoms with Crippen LogP contribution in [-0.2, 0) is 6.18 Å². The number of halogens is 7. The molecule has 16 heteroatoms. The highest BCUT2D eigenvalue weighted by molar-refractivity contribution is 5.97. The third kappa shape index (κ3) is 5.80. The van der Waals surface area contributed by atoms with E-state index in [0.717, 1.165) is 13.3 Å². The number of nitrogens with two attached hydrogens (primary N) is 1. The Kier molecular flexibility index (Phi) is 8.55. The fourth-order valence-corrected chi connectivity index (χ4v) is 8.77. The molecule has 278 valence electrons. The molecule has 5 heterocycles. The molecule has 4 aliphatic rings. The summed E-state index contributed by atoms with van der Waals surface area (Å²) in [6.07, 6.45) is -3.60. The average molecular weight is 726 g/mol. The Morgan fingerprint density at radius 3 is 2.39 bits per heavy atom. The molecule has 51 heavy (non-hydrogen) atoms. The minimum Gasteiger partial charge on any atom is -0.477 e. The van der Waals surface area contributed by atoms with E-state index in [1.807, 2.05) is 16.7 Å². The third-order valence-corrected chi connectivity index (χ3v) is 11.3. The van der Waals surface area contributed by atoms with Gasteiger partial charge in [-0.3, -0.25) is 9.80 Å². The van der Waals surface area contributed by atoms with Crippen LogP contribution in [0.15, 0.2) is 6.07 Å². The summed E-state index contributed by atoms with van der Waals surface area (Å²) in [6, 6.07) is 0.745. The Bertz CT molecular complexity index is 1870. The zero-order valence-electron chi connectivity index (χ0n) is 29.2. The molecule has 1 spiro atoms. The van der Waals surface area contributed by atoms with Crippen molar-refractivity contribution in [2.24, 2.45) is 5.41 Å². The predicted molar refractivity (Wildman–Crippen MR) is 177 cm³/mol. The smallest absolute Gasteiger partial charge is 0.417 e. The van der Waals surface area contributed by atoms with Gasteiger partial charge in [-0.15, -0.1) is 0 Å². The molecule has 7 rings (SSSR count). The van der Waals surface area contributed by atoms with E-state index in [-0.39, 0.29) is 67.8 Å². The number of pyridine rings is 1. The highest BCUT2D eigenvalue weighted by atomic mass is 19.4. The Labute approximate surface area is 291 Å². The first-order chi connectivity index (χ1) is 23.9. The second kappa shape index (κ2) is 12.2. The van der Waals surface area contributed by atoms with Gasteiger partial charge in [0.25, 0.3) is 5.92 Å². The molecular formula is C35H42F7N7O2. The number of anilines is 2. The minimum absolute atomic E-state index is 0.0177. The van der Waals surface area contributed by atoms with Crippen LogP contribution in [0.3, 0.4) is 0 Å². The SMILES string of the molecule is CCOc1nc(-c2cc(N)c(F)c(C)c2C(F)(F)F)c(F)c2nc(OCC34CCCN3CC3(C4)CC3(F)F)nc(N3CCN(C(C)C)C(C)C3)c12. The number of ether oxygens (including phenoxy) is 2. The quantitative estimate of drug-likeness (QED) is 0.198. The number of nitrogen functional groups attached to an aromatic ring is 1. The van der Waals surface area contributed by atoms with Crippen molar-refractivity contribution >= 4 is 22.4 Å². The van der Waals surface area contributed by atoms with Gasteiger partial charge in [-0.1, -0.05) is 0 Å². The van der Waals surface area contributed by atoms with Crippen LogP contribution in [-0.4, -0.2) is 94.2 Å². The molecular weight excluding hydrogens is 683 g/mol. The van der Waals surface area contributed by atoms with Crippen molar-refractivity contribution in [3.8, 4) is 23.1 Å². The van der Waals surface area contributed by atoms with Crippen molar-refractivity contribution in [2.45, 2.75) is 90.0 Å². The van der Waals surface area contributed by atoms with Gasteiger partial charge in [0.1, 0.15) is 34.8 Å². The summed E-state index contributed by atoms with van der Waals surface area (Å²) < 4.78 is 116. The van der Waals surface area contributed by atoms with Gasteiger partial charge in [0.05, 0.1) is 28.8 Å². The molecule has 0 radical (unpaired) electrons. The molecule has 9 nitrogen and oxygen atoms in total. The number of fused-ring (bicyclic) bond motifs is 2. The zero-order valence-corrected chi connectivity index (χ0v) is 29.2. The Hall–Kier alpha value is -3.66. The lowest BCUT2D eigenvalue weighted by atomic mass is 9.89. The molecule has 2 N–H and O–H groups in total. The normalized spacial score (nSPS) is 26.5. The van der Waals surface area contributed by atoms with E-state index >= 15 is 4.39 Å². The summed E-state index contributed by atoms with van der Waals surface area (Å²) in [7, 11) is 0. The Morgan fingerprint density at radius 2 is 1.76 bits per heavy atom. The monoisotopic (exact) mass is 725 g/mol. The maximum absolute atomic E-state index is 16.9. The van der Waals surface area contributed by atoms with Crippen LogP contribution in [0.2, 0.25) is 0 Å². The number of nitrogens with zero attached hydrogens (tertiary/aromatic N) is 6. The molecule has 1 saturated carbocycles. The van der Waals surface area contributed by atoms with Crippen molar-refractivity contribution < 1.29 is 40.2 Å².